The van der Waals surface area contributed by atoms with Gasteiger partial charge in [-0.25, -0.2) is 15.0 Å². The van der Waals surface area contributed by atoms with Gasteiger partial charge in [0.2, 0.25) is 0 Å². The van der Waals surface area contributed by atoms with E-state index < -0.39 is 0 Å². The molecule has 0 amide bonds. The van der Waals surface area contributed by atoms with Crippen molar-refractivity contribution in [3.63, 3.8) is 0 Å². The summed E-state index contributed by atoms with van der Waals surface area (Å²) in [7, 11) is 0. The molecule has 5 heteroatoms. The molecule has 12 rings (SSSR count). The molecule has 2 heterocycles. The minimum absolute atomic E-state index is 0.124. The van der Waals surface area contributed by atoms with Crippen molar-refractivity contribution in [2.45, 2.75) is 5.92 Å². The standard InChI is InChI=1S/C64H45N5/c1-6-19-46(20-7-1)60(47-21-8-2-9-22-47)48-35-41-54(42-36-48)68(52-27-14-5-15-28-52)53-39-33-45(34-40-53)56-30-18-31-58-57-29-16-17-32-59(57)69(61(56)58)55-43-37-51(38-44-55)64-66-62(49-23-10-3-11-24-49)65-63(67-64)50-25-12-4-13-26-50/h1-44,60H. The first kappa shape index (κ1) is 41.3. The van der Waals surface area contributed by atoms with Crippen LogP contribution in [0, 0.1) is 0 Å². The van der Waals surface area contributed by atoms with Gasteiger partial charge in [0.15, 0.2) is 17.5 Å². The van der Waals surface area contributed by atoms with Crippen LogP contribution in [0.25, 0.3) is 72.8 Å². The summed E-state index contributed by atoms with van der Waals surface area (Å²) in [6.45, 7) is 0. The van der Waals surface area contributed by atoms with Crippen LogP contribution in [-0.2, 0) is 0 Å². The first-order valence-electron chi connectivity index (χ1n) is 23.4. The number of anilines is 3. The van der Waals surface area contributed by atoms with Crippen LogP contribution >= 0.6 is 0 Å². The van der Waals surface area contributed by atoms with Gasteiger partial charge in [0.25, 0.3) is 0 Å². The summed E-state index contributed by atoms with van der Waals surface area (Å²) in [5, 5.41) is 2.40. The summed E-state index contributed by atoms with van der Waals surface area (Å²) in [6.07, 6.45) is 0. The van der Waals surface area contributed by atoms with E-state index in [1.54, 1.807) is 0 Å². The molecule has 0 bridgehead atoms. The summed E-state index contributed by atoms with van der Waals surface area (Å²) in [5.41, 5.74) is 15.5. The maximum atomic E-state index is 5.00. The van der Waals surface area contributed by atoms with Gasteiger partial charge in [-0.15, -0.1) is 0 Å². The molecule has 0 atom stereocenters. The Morgan fingerprint density at radius 2 is 0.710 bits per heavy atom. The van der Waals surface area contributed by atoms with Crippen LogP contribution in [0.1, 0.15) is 22.6 Å². The number of nitrogens with zero attached hydrogens (tertiary/aromatic N) is 5. The third-order valence-corrected chi connectivity index (χ3v) is 13.0. The van der Waals surface area contributed by atoms with Crippen molar-refractivity contribution >= 4 is 38.9 Å². The average molecular weight is 884 g/mol. The zero-order chi connectivity index (χ0) is 45.9. The van der Waals surface area contributed by atoms with Crippen LogP contribution in [0.5, 0.6) is 0 Å². The number of benzene rings is 10. The molecule has 0 unspecified atom stereocenters. The second-order valence-corrected chi connectivity index (χ2v) is 17.2. The molecule has 0 saturated carbocycles. The number of aromatic nitrogens is 4. The van der Waals surface area contributed by atoms with Gasteiger partial charge >= 0.3 is 0 Å². The third kappa shape index (κ3) is 8.02. The molecule has 0 spiro atoms. The smallest absolute Gasteiger partial charge is 0.164 e. The molecule has 69 heavy (non-hydrogen) atoms. The van der Waals surface area contributed by atoms with Gasteiger partial charge in [-0.05, 0) is 89.0 Å². The third-order valence-electron chi connectivity index (χ3n) is 13.0. The van der Waals surface area contributed by atoms with Crippen LogP contribution in [0.4, 0.5) is 17.1 Å². The molecule has 0 radical (unpaired) electrons. The Kier molecular flexibility index (Phi) is 10.9. The molecular weight excluding hydrogens is 839 g/mol. The van der Waals surface area contributed by atoms with Crippen LogP contribution in [0.15, 0.2) is 267 Å². The Balaban J connectivity index is 0.919. The quantitative estimate of drug-likeness (QED) is 0.121. The van der Waals surface area contributed by atoms with Crippen LogP contribution in [0.2, 0.25) is 0 Å². The fourth-order valence-electron chi connectivity index (χ4n) is 9.72. The van der Waals surface area contributed by atoms with Gasteiger partial charge in [-0.2, -0.15) is 0 Å². The Morgan fingerprint density at radius 1 is 0.304 bits per heavy atom. The van der Waals surface area contributed by atoms with Crippen molar-refractivity contribution in [1.82, 2.24) is 19.5 Å². The van der Waals surface area contributed by atoms with Crippen molar-refractivity contribution in [2.75, 3.05) is 4.90 Å². The van der Waals surface area contributed by atoms with Crippen LogP contribution < -0.4 is 4.90 Å². The molecule has 0 fully saturated rings. The predicted molar refractivity (Wildman–Crippen MR) is 284 cm³/mol. The summed E-state index contributed by atoms with van der Waals surface area (Å²) in [6, 6.07) is 94.4. The van der Waals surface area contributed by atoms with Gasteiger partial charge in [0.05, 0.1) is 11.0 Å². The Morgan fingerprint density at radius 3 is 1.26 bits per heavy atom. The number of hydrogen-bond donors (Lipinski definition) is 0. The molecule has 5 nitrogen and oxygen atoms in total. The number of rotatable bonds is 11. The Bertz CT molecular complexity index is 3570. The van der Waals surface area contributed by atoms with Gasteiger partial charge < -0.3 is 9.47 Å². The van der Waals surface area contributed by atoms with Gasteiger partial charge in [0, 0.05) is 61.7 Å². The van der Waals surface area contributed by atoms with Crippen molar-refractivity contribution < 1.29 is 0 Å². The lowest BCUT2D eigenvalue weighted by Crippen LogP contribution is -2.10. The minimum Gasteiger partial charge on any atom is -0.311 e. The fourth-order valence-corrected chi connectivity index (χ4v) is 9.72. The zero-order valence-electron chi connectivity index (χ0n) is 37.7. The van der Waals surface area contributed by atoms with E-state index in [1.165, 1.54) is 27.5 Å². The normalized spacial score (nSPS) is 11.3. The van der Waals surface area contributed by atoms with E-state index in [2.05, 4.69) is 216 Å². The van der Waals surface area contributed by atoms with Crippen molar-refractivity contribution in [2.24, 2.45) is 0 Å². The summed E-state index contributed by atoms with van der Waals surface area (Å²) < 4.78 is 2.39. The largest absolute Gasteiger partial charge is 0.311 e. The second-order valence-electron chi connectivity index (χ2n) is 17.2. The van der Waals surface area contributed by atoms with Crippen LogP contribution in [0.3, 0.4) is 0 Å². The average Bonchev–Trinajstić information content (AvgIpc) is 3.78. The second kappa shape index (κ2) is 18.2. The summed E-state index contributed by atoms with van der Waals surface area (Å²) in [4.78, 5) is 17.3. The summed E-state index contributed by atoms with van der Waals surface area (Å²) >= 11 is 0. The number of para-hydroxylation sites is 3. The molecule has 0 aliphatic carbocycles. The Labute approximate surface area is 402 Å². The van der Waals surface area contributed by atoms with Gasteiger partial charge in [0.1, 0.15) is 0 Å². The van der Waals surface area contributed by atoms with E-state index in [0.717, 1.165) is 61.6 Å². The monoisotopic (exact) mass is 883 g/mol. The van der Waals surface area contributed by atoms with E-state index >= 15 is 0 Å². The molecule has 0 aliphatic rings. The van der Waals surface area contributed by atoms with Crippen molar-refractivity contribution in [3.8, 4) is 51.0 Å². The lowest BCUT2D eigenvalue weighted by molar-refractivity contribution is 0.977. The predicted octanol–water partition coefficient (Wildman–Crippen LogP) is 16.3. The van der Waals surface area contributed by atoms with E-state index in [-0.39, 0.29) is 5.92 Å². The van der Waals surface area contributed by atoms with Crippen molar-refractivity contribution in [3.05, 3.63) is 284 Å². The topological polar surface area (TPSA) is 46.8 Å². The SMILES string of the molecule is c1ccc(-c2nc(-c3ccccc3)nc(-c3ccc(-n4c5ccccc5c5cccc(-c6ccc(N(c7ccccc7)c7ccc(C(c8ccccc8)c8ccccc8)cc7)cc6)c54)cc3)n2)cc1. The minimum atomic E-state index is 0.124. The molecular formula is C64H45N5. The van der Waals surface area contributed by atoms with Crippen molar-refractivity contribution in [1.29, 1.82) is 0 Å². The molecule has 0 saturated heterocycles. The van der Waals surface area contributed by atoms with E-state index in [0.29, 0.717) is 17.5 Å². The highest BCUT2D eigenvalue weighted by Crippen LogP contribution is 2.41. The molecule has 10 aromatic carbocycles. The maximum Gasteiger partial charge on any atom is 0.164 e. The highest BCUT2D eigenvalue weighted by atomic mass is 15.1. The van der Waals surface area contributed by atoms with Gasteiger partial charge in [-0.1, -0.05) is 200 Å². The van der Waals surface area contributed by atoms with E-state index in [9.17, 15) is 0 Å². The van der Waals surface area contributed by atoms with E-state index in [4.69, 9.17) is 15.0 Å². The highest BCUT2D eigenvalue weighted by molar-refractivity contribution is 6.13. The zero-order valence-corrected chi connectivity index (χ0v) is 37.7. The molecule has 0 N–H and O–H groups in total. The lowest BCUT2D eigenvalue weighted by Gasteiger charge is -2.26. The van der Waals surface area contributed by atoms with Gasteiger partial charge in [-0.3, -0.25) is 0 Å². The first-order chi connectivity index (χ1) is 34.2. The highest BCUT2D eigenvalue weighted by Gasteiger charge is 2.21. The lowest BCUT2D eigenvalue weighted by atomic mass is 9.85. The van der Waals surface area contributed by atoms with E-state index in [1.807, 2.05) is 60.7 Å². The Hall–Kier alpha value is -9.19. The van der Waals surface area contributed by atoms with Crippen LogP contribution in [-0.4, -0.2) is 19.5 Å². The maximum absolute atomic E-state index is 5.00. The molecule has 0 aliphatic heterocycles. The summed E-state index contributed by atoms with van der Waals surface area (Å²) in [5.74, 6) is 2.03. The molecule has 326 valence electrons. The number of fused-ring (bicyclic) bond motifs is 3. The molecule has 12 aromatic rings. The fraction of sp³-hybridized carbons (Fsp3) is 0.0156. The number of hydrogen-bond acceptors (Lipinski definition) is 4. The molecule has 2 aromatic heterocycles. The first-order valence-corrected chi connectivity index (χ1v) is 23.4.